The number of hydrogen-bond acceptors (Lipinski definition) is 3. The van der Waals surface area contributed by atoms with E-state index in [1.54, 1.807) is 12.1 Å². The van der Waals surface area contributed by atoms with Crippen LogP contribution in [0.25, 0.3) is 0 Å². The fourth-order valence-corrected chi connectivity index (χ4v) is 3.05. The first kappa shape index (κ1) is 14.8. The number of hydrogen-bond donors (Lipinski definition) is 2. The maximum Gasteiger partial charge on any atom is 0.147 e. The van der Waals surface area contributed by atoms with Gasteiger partial charge in [-0.2, -0.15) is 0 Å². The maximum atomic E-state index is 14.4. The predicted octanol–water partition coefficient (Wildman–Crippen LogP) is 3.75. The van der Waals surface area contributed by atoms with Crippen molar-refractivity contribution in [3.63, 3.8) is 0 Å². The molecule has 0 amide bonds. The van der Waals surface area contributed by atoms with Gasteiger partial charge in [0.2, 0.25) is 0 Å². The summed E-state index contributed by atoms with van der Waals surface area (Å²) >= 11 is 9.15. The average molecular weight is 372 g/mol. The van der Waals surface area contributed by atoms with Gasteiger partial charge in [0.25, 0.3) is 0 Å². The molecule has 21 heavy (non-hydrogen) atoms. The van der Waals surface area contributed by atoms with Crippen LogP contribution >= 0.6 is 27.5 Å². The minimum atomic E-state index is -0.492. The molecule has 0 saturated heterocycles. The van der Waals surface area contributed by atoms with Crippen molar-refractivity contribution >= 4 is 27.5 Å². The van der Waals surface area contributed by atoms with Gasteiger partial charge >= 0.3 is 0 Å². The number of fused-ring (bicyclic) bond motifs is 1. The molecule has 110 valence electrons. The van der Waals surface area contributed by atoms with Crippen molar-refractivity contribution in [3.8, 4) is 5.75 Å². The molecule has 2 unspecified atom stereocenters. The van der Waals surface area contributed by atoms with Gasteiger partial charge in [-0.3, -0.25) is 5.84 Å². The van der Waals surface area contributed by atoms with Gasteiger partial charge in [-0.1, -0.05) is 35.9 Å². The first-order valence-corrected chi connectivity index (χ1v) is 7.63. The van der Waals surface area contributed by atoms with Crippen molar-refractivity contribution in [2.24, 2.45) is 5.84 Å². The van der Waals surface area contributed by atoms with Crippen LogP contribution in [-0.2, 0) is 6.42 Å². The van der Waals surface area contributed by atoms with E-state index >= 15 is 0 Å². The van der Waals surface area contributed by atoms with Crippen LogP contribution in [-0.4, -0.2) is 6.10 Å². The highest BCUT2D eigenvalue weighted by Gasteiger charge is 2.32. The van der Waals surface area contributed by atoms with E-state index in [2.05, 4.69) is 21.4 Å². The largest absolute Gasteiger partial charge is 0.488 e. The molecule has 0 radical (unpaired) electrons. The van der Waals surface area contributed by atoms with Crippen molar-refractivity contribution in [2.45, 2.75) is 18.6 Å². The van der Waals surface area contributed by atoms with Gasteiger partial charge < -0.3 is 4.74 Å². The molecule has 1 heterocycles. The standard InChI is InChI=1S/C15H13BrClFN2O/c16-10-6-5-9(14(18)13(10)17)15(20-19)12-7-8-3-1-2-4-11(8)21-12/h1-6,12,15,20H,7,19H2. The van der Waals surface area contributed by atoms with Gasteiger partial charge in [-0.05, 0) is 33.6 Å². The molecule has 0 aromatic heterocycles. The summed E-state index contributed by atoms with van der Waals surface area (Å²) in [5, 5.41) is 0.0447. The van der Waals surface area contributed by atoms with E-state index in [0.29, 0.717) is 16.5 Å². The van der Waals surface area contributed by atoms with Crippen LogP contribution < -0.4 is 16.0 Å². The Morgan fingerprint density at radius 1 is 1.33 bits per heavy atom. The lowest BCUT2D eigenvalue weighted by Gasteiger charge is -2.23. The molecule has 1 aliphatic heterocycles. The smallest absolute Gasteiger partial charge is 0.147 e. The van der Waals surface area contributed by atoms with Crippen molar-refractivity contribution < 1.29 is 9.13 Å². The quantitative estimate of drug-likeness (QED) is 0.491. The summed E-state index contributed by atoms with van der Waals surface area (Å²) in [7, 11) is 0. The Morgan fingerprint density at radius 3 is 2.81 bits per heavy atom. The van der Waals surface area contributed by atoms with Crippen molar-refractivity contribution in [1.29, 1.82) is 0 Å². The van der Waals surface area contributed by atoms with Crippen LogP contribution in [0.1, 0.15) is 17.2 Å². The summed E-state index contributed by atoms with van der Waals surface area (Å²) in [4.78, 5) is 0. The number of rotatable bonds is 3. The summed E-state index contributed by atoms with van der Waals surface area (Å²) in [5.74, 6) is 5.94. The van der Waals surface area contributed by atoms with Crippen molar-refractivity contribution in [2.75, 3.05) is 0 Å². The molecule has 6 heteroatoms. The van der Waals surface area contributed by atoms with Gasteiger partial charge in [-0.15, -0.1) is 0 Å². The maximum absolute atomic E-state index is 14.4. The molecule has 2 aromatic carbocycles. The normalized spacial score (nSPS) is 18.2. The van der Waals surface area contributed by atoms with E-state index in [4.69, 9.17) is 22.2 Å². The minimum Gasteiger partial charge on any atom is -0.488 e. The first-order valence-electron chi connectivity index (χ1n) is 6.46. The molecule has 0 saturated carbocycles. The Hall–Kier alpha value is -1.14. The average Bonchev–Trinajstić information content (AvgIpc) is 2.91. The molecule has 0 bridgehead atoms. The number of nitrogens with one attached hydrogen (secondary N) is 1. The van der Waals surface area contributed by atoms with E-state index < -0.39 is 11.9 Å². The van der Waals surface area contributed by atoms with E-state index in [9.17, 15) is 4.39 Å². The Labute approximate surface area is 135 Å². The number of ether oxygens (including phenoxy) is 1. The van der Waals surface area contributed by atoms with Crippen LogP contribution in [0.4, 0.5) is 4.39 Å². The van der Waals surface area contributed by atoms with Crippen LogP contribution in [0.3, 0.4) is 0 Å². The summed E-state index contributed by atoms with van der Waals surface area (Å²) in [6.45, 7) is 0. The van der Waals surface area contributed by atoms with Crippen LogP contribution in [0, 0.1) is 5.82 Å². The van der Waals surface area contributed by atoms with Gasteiger partial charge in [0.05, 0.1) is 11.1 Å². The number of halogens is 3. The summed E-state index contributed by atoms with van der Waals surface area (Å²) in [6.07, 6.45) is 0.386. The molecule has 3 rings (SSSR count). The van der Waals surface area contributed by atoms with E-state index in [1.165, 1.54) is 0 Å². The Kier molecular flexibility index (Phi) is 4.17. The molecule has 2 aromatic rings. The molecule has 0 spiro atoms. The summed E-state index contributed by atoms with van der Waals surface area (Å²) < 4.78 is 20.8. The van der Waals surface area contributed by atoms with Crippen LogP contribution in [0.5, 0.6) is 5.75 Å². The third-order valence-electron chi connectivity index (χ3n) is 3.62. The Morgan fingerprint density at radius 2 is 2.10 bits per heavy atom. The summed E-state index contributed by atoms with van der Waals surface area (Å²) in [5.41, 5.74) is 4.13. The second kappa shape index (κ2) is 5.93. The van der Waals surface area contributed by atoms with Crippen molar-refractivity contribution in [1.82, 2.24) is 5.43 Å². The lowest BCUT2D eigenvalue weighted by Crippen LogP contribution is -2.39. The lowest BCUT2D eigenvalue weighted by molar-refractivity contribution is 0.176. The number of para-hydroxylation sites is 1. The molecular formula is C15H13BrClFN2O. The zero-order valence-electron chi connectivity index (χ0n) is 10.9. The fourth-order valence-electron chi connectivity index (χ4n) is 2.57. The van der Waals surface area contributed by atoms with E-state index in [-0.39, 0.29) is 11.1 Å². The molecule has 2 atom stereocenters. The van der Waals surface area contributed by atoms with Crippen LogP contribution in [0.15, 0.2) is 40.9 Å². The summed E-state index contributed by atoms with van der Waals surface area (Å²) in [6, 6.07) is 10.6. The lowest BCUT2D eigenvalue weighted by atomic mass is 9.98. The number of nitrogens with two attached hydrogens (primary N) is 1. The number of hydrazine groups is 1. The van der Waals surface area contributed by atoms with Gasteiger partial charge in [0.1, 0.15) is 17.7 Å². The zero-order valence-corrected chi connectivity index (χ0v) is 13.3. The zero-order chi connectivity index (χ0) is 15.0. The monoisotopic (exact) mass is 370 g/mol. The Balaban J connectivity index is 1.93. The minimum absolute atomic E-state index is 0.0447. The fraction of sp³-hybridized carbons (Fsp3) is 0.200. The molecule has 0 aliphatic carbocycles. The van der Waals surface area contributed by atoms with Gasteiger partial charge in [0, 0.05) is 16.5 Å². The van der Waals surface area contributed by atoms with E-state index in [0.717, 1.165) is 11.3 Å². The van der Waals surface area contributed by atoms with Crippen molar-refractivity contribution in [3.05, 3.63) is 62.8 Å². The molecule has 3 N–H and O–H groups in total. The number of benzene rings is 2. The highest BCUT2D eigenvalue weighted by molar-refractivity contribution is 9.10. The van der Waals surface area contributed by atoms with Gasteiger partial charge in [0.15, 0.2) is 0 Å². The second-order valence-electron chi connectivity index (χ2n) is 4.88. The third-order valence-corrected chi connectivity index (χ3v) is 4.88. The SMILES string of the molecule is NNC(c1ccc(Br)c(Cl)c1F)C1Cc2ccccc2O1. The third kappa shape index (κ3) is 2.66. The topological polar surface area (TPSA) is 47.3 Å². The molecule has 1 aliphatic rings. The Bertz CT molecular complexity index is 658. The second-order valence-corrected chi connectivity index (χ2v) is 6.11. The molecular weight excluding hydrogens is 359 g/mol. The van der Waals surface area contributed by atoms with Crippen LogP contribution in [0.2, 0.25) is 5.02 Å². The highest BCUT2D eigenvalue weighted by atomic mass is 79.9. The molecule has 3 nitrogen and oxygen atoms in total. The first-order chi connectivity index (χ1) is 10.1. The van der Waals surface area contributed by atoms with E-state index in [1.807, 2.05) is 24.3 Å². The van der Waals surface area contributed by atoms with Gasteiger partial charge in [-0.25, -0.2) is 9.82 Å². The molecule has 0 fully saturated rings. The highest BCUT2D eigenvalue weighted by Crippen LogP contribution is 2.37. The predicted molar refractivity (Wildman–Crippen MR) is 83.7 cm³/mol.